The minimum Gasteiger partial charge on any atom is -0.395 e. The van der Waals surface area contributed by atoms with Crippen LogP contribution in [0, 0.1) is 5.82 Å². The molecule has 94 valence electrons. The minimum atomic E-state index is -3.69. The van der Waals surface area contributed by atoms with Crippen LogP contribution in [0.1, 0.15) is 12.8 Å². The van der Waals surface area contributed by atoms with Gasteiger partial charge < -0.3 is 5.11 Å². The lowest BCUT2D eigenvalue weighted by Crippen LogP contribution is -2.37. The molecule has 0 aromatic heterocycles. The van der Waals surface area contributed by atoms with Gasteiger partial charge >= 0.3 is 0 Å². The third kappa shape index (κ3) is 2.34. The number of halogens is 1. The fourth-order valence-corrected chi connectivity index (χ4v) is 3.79. The van der Waals surface area contributed by atoms with Crippen molar-refractivity contribution in [1.29, 1.82) is 0 Å². The summed E-state index contributed by atoms with van der Waals surface area (Å²) in [5, 5.41) is 9.12. The van der Waals surface area contributed by atoms with Gasteiger partial charge in [0.15, 0.2) is 0 Å². The van der Waals surface area contributed by atoms with E-state index in [-0.39, 0.29) is 17.5 Å². The number of sulfonamides is 1. The highest BCUT2D eigenvalue weighted by Gasteiger charge is 2.34. The molecule has 0 spiro atoms. The zero-order valence-electron chi connectivity index (χ0n) is 9.21. The zero-order valence-corrected chi connectivity index (χ0v) is 10.0. The summed E-state index contributed by atoms with van der Waals surface area (Å²) in [5.41, 5.74) is 0. The fourth-order valence-electron chi connectivity index (χ4n) is 2.07. The van der Waals surface area contributed by atoms with Gasteiger partial charge in [-0.05, 0) is 31.0 Å². The van der Waals surface area contributed by atoms with Crippen LogP contribution in [0.5, 0.6) is 0 Å². The van der Waals surface area contributed by atoms with E-state index in [4.69, 9.17) is 5.11 Å². The highest BCUT2D eigenvalue weighted by atomic mass is 32.2. The molecule has 0 amide bonds. The van der Waals surface area contributed by atoms with Gasteiger partial charge in [-0.2, -0.15) is 4.31 Å². The SMILES string of the molecule is O=S(=O)(c1cccc(F)c1)N1CCC[C@@H]1CO. The Balaban J connectivity index is 2.36. The molecule has 6 heteroatoms. The van der Waals surface area contributed by atoms with Crippen molar-refractivity contribution in [2.45, 2.75) is 23.8 Å². The topological polar surface area (TPSA) is 57.6 Å². The molecule has 1 atom stereocenters. The summed E-state index contributed by atoms with van der Waals surface area (Å²) in [4.78, 5) is -0.0575. The van der Waals surface area contributed by atoms with Crippen LogP contribution >= 0.6 is 0 Å². The molecule has 4 nitrogen and oxygen atoms in total. The molecular formula is C11H14FNO3S. The molecule has 1 aromatic rings. The van der Waals surface area contributed by atoms with E-state index >= 15 is 0 Å². The highest BCUT2D eigenvalue weighted by Crippen LogP contribution is 2.25. The van der Waals surface area contributed by atoms with Gasteiger partial charge in [-0.3, -0.25) is 0 Å². The summed E-state index contributed by atoms with van der Waals surface area (Å²) in [6.07, 6.45) is 1.37. The normalized spacial score (nSPS) is 21.9. The maximum Gasteiger partial charge on any atom is 0.243 e. The van der Waals surface area contributed by atoms with Gasteiger partial charge in [-0.15, -0.1) is 0 Å². The van der Waals surface area contributed by atoms with Gasteiger partial charge in [0, 0.05) is 12.6 Å². The predicted molar refractivity (Wildman–Crippen MR) is 60.4 cm³/mol. The Hall–Kier alpha value is -0.980. The van der Waals surface area contributed by atoms with Gasteiger partial charge in [0.1, 0.15) is 5.82 Å². The summed E-state index contributed by atoms with van der Waals surface area (Å²) in [6, 6.07) is 4.55. The number of rotatable bonds is 3. The Morgan fingerprint density at radius 3 is 2.88 bits per heavy atom. The first-order chi connectivity index (χ1) is 8.05. The number of aliphatic hydroxyl groups excluding tert-OH is 1. The second-order valence-corrected chi connectivity index (χ2v) is 5.94. The fraction of sp³-hybridized carbons (Fsp3) is 0.455. The Morgan fingerprint density at radius 2 is 2.24 bits per heavy atom. The molecule has 2 rings (SSSR count). The standard InChI is InChI=1S/C11H14FNO3S/c12-9-3-1-5-11(7-9)17(15,16)13-6-2-4-10(13)8-14/h1,3,5,7,10,14H,2,4,6,8H2/t10-/m1/s1. The molecule has 1 N–H and O–H groups in total. The van der Waals surface area contributed by atoms with Gasteiger partial charge in [0.05, 0.1) is 11.5 Å². The van der Waals surface area contributed by atoms with Gasteiger partial charge in [-0.25, -0.2) is 12.8 Å². The van der Waals surface area contributed by atoms with Crippen LogP contribution in [-0.4, -0.2) is 37.0 Å². The van der Waals surface area contributed by atoms with Crippen molar-refractivity contribution in [3.8, 4) is 0 Å². The molecule has 0 unspecified atom stereocenters. The average molecular weight is 259 g/mol. The quantitative estimate of drug-likeness (QED) is 0.880. The van der Waals surface area contributed by atoms with Crippen molar-refractivity contribution in [2.24, 2.45) is 0 Å². The van der Waals surface area contributed by atoms with Crippen LogP contribution in [0.15, 0.2) is 29.2 Å². The molecule has 1 fully saturated rings. The molecule has 0 aliphatic carbocycles. The van der Waals surface area contributed by atoms with Gasteiger partial charge in [-0.1, -0.05) is 6.07 Å². The van der Waals surface area contributed by atoms with E-state index in [1.54, 1.807) is 0 Å². The lowest BCUT2D eigenvalue weighted by Gasteiger charge is -2.22. The predicted octanol–water partition coefficient (Wildman–Crippen LogP) is 0.971. The molecule has 0 radical (unpaired) electrons. The first-order valence-electron chi connectivity index (χ1n) is 5.44. The molecule has 0 saturated carbocycles. The Labute approximate surface area is 99.7 Å². The second kappa shape index (κ2) is 4.72. The van der Waals surface area contributed by atoms with Crippen molar-refractivity contribution < 1.29 is 17.9 Å². The van der Waals surface area contributed by atoms with Crippen LogP contribution in [-0.2, 0) is 10.0 Å². The van der Waals surface area contributed by atoms with E-state index in [1.165, 1.54) is 22.5 Å². The van der Waals surface area contributed by atoms with E-state index in [9.17, 15) is 12.8 Å². The van der Waals surface area contributed by atoms with E-state index in [1.807, 2.05) is 0 Å². The zero-order chi connectivity index (χ0) is 12.5. The van der Waals surface area contributed by atoms with Gasteiger partial charge in [0.25, 0.3) is 0 Å². The molecule has 1 aromatic carbocycles. The lowest BCUT2D eigenvalue weighted by molar-refractivity contribution is 0.213. The van der Waals surface area contributed by atoms with Crippen molar-refractivity contribution >= 4 is 10.0 Å². The van der Waals surface area contributed by atoms with Crippen molar-refractivity contribution in [1.82, 2.24) is 4.31 Å². The number of nitrogens with zero attached hydrogens (tertiary/aromatic N) is 1. The molecule has 1 heterocycles. The van der Waals surface area contributed by atoms with E-state index < -0.39 is 15.8 Å². The molecule has 1 aliphatic rings. The summed E-state index contributed by atoms with van der Waals surface area (Å²) in [7, 11) is -3.69. The van der Waals surface area contributed by atoms with Crippen molar-refractivity contribution in [2.75, 3.05) is 13.2 Å². The maximum absolute atomic E-state index is 13.0. The average Bonchev–Trinajstić information content (AvgIpc) is 2.77. The van der Waals surface area contributed by atoms with Crippen LogP contribution in [0.4, 0.5) is 4.39 Å². The summed E-state index contributed by atoms with van der Waals surface area (Å²) in [6.45, 7) is 0.179. The van der Waals surface area contributed by atoms with E-state index in [2.05, 4.69) is 0 Å². The molecular weight excluding hydrogens is 245 g/mol. The van der Waals surface area contributed by atoms with Crippen LogP contribution in [0.25, 0.3) is 0 Å². The first-order valence-corrected chi connectivity index (χ1v) is 6.88. The molecule has 1 aliphatic heterocycles. The Kier molecular flexibility index (Phi) is 3.46. The minimum absolute atomic E-state index is 0.0575. The highest BCUT2D eigenvalue weighted by molar-refractivity contribution is 7.89. The largest absolute Gasteiger partial charge is 0.395 e. The summed E-state index contributed by atoms with van der Waals surface area (Å²) < 4.78 is 38.7. The smallest absolute Gasteiger partial charge is 0.243 e. The molecule has 0 bridgehead atoms. The van der Waals surface area contributed by atoms with Crippen LogP contribution in [0.2, 0.25) is 0 Å². The first kappa shape index (κ1) is 12.5. The summed E-state index contributed by atoms with van der Waals surface area (Å²) in [5.74, 6) is -0.578. The van der Waals surface area contributed by atoms with Crippen LogP contribution < -0.4 is 0 Å². The van der Waals surface area contributed by atoms with Crippen molar-refractivity contribution in [3.63, 3.8) is 0 Å². The van der Waals surface area contributed by atoms with E-state index in [0.717, 1.165) is 12.5 Å². The number of hydrogen-bond donors (Lipinski definition) is 1. The Morgan fingerprint density at radius 1 is 1.47 bits per heavy atom. The molecule has 17 heavy (non-hydrogen) atoms. The van der Waals surface area contributed by atoms with Crippen molar-refractivity contribution in [3.05, 3.63) is 30.1 Å². The molecule has 1 saturated heterocycles. The second-order valence-electron chi connectivity index (χ2n) is 4.05. The number of benzene rings is 1. The third-order valence-corrected chi connectivity index (χ3v) is 4.88. The maximum atomic E-state index is 13.0. The summed E-state index contributed by atoms with van der Waals surface area (Å²) >= 11 is 0. The van der Waals surface area contributed by atoms with Crippen LogP contribution in [0.3, 0.4) is 0 Å². The Bertz CT molecular complexity index is 503. The lowest BCUT2D eigenvalue weighted by atomic mass is 10.2. The monoisotopic (exact) mass is 259 g/mol. The van der Waals surface area contributed by atoms with E-state index in [0.29, 0.717) is 13.0 Å². The number of aliphatic hydroxyl groups is 1. The van der Waals surface area contributed by atoms with Gasteiger partial charge in [0.2, 0.25) is 10.0 Å². The third-order valence-electron chi connectivity index (χ3n) is 2.94. The number of hydrogen-bond acceptors (Lipinski definition) is 3.